The van der Waals surface area contributed by atoms with Crippen LogP contribution in [-0.2, 0) is 0 Å². The van der Waals surface area contributed by atoms with Crippen LogP contribution in [-0.4, -0.2) is 43.1 Å². The molecule has 1 saturated heterocycles. The molecule has 1 aromatic heterocycles. The van der Waals surface area contributed by atoms with Gasteiger partial charge in [0.1, 0.15) is 5.82 Å². The molecule has 0 aliphatic carbocycles. The summed E-state index contributed by atoms with van der Waals surface area (Å²) in [5, 5.41) is 1.24. The van der Waals surface area contributed by atoms with E-state index in [-0.39, 0.29) is 0 Å². The lowest BCUT2D eigenvalue weighted by Crippen LogP contribution is -2.45. The molecule has 0 N–H and O–H groups in total. The Morgan fingerprint density at radius 3 is 2.47 bits per heavy atom. The van der Waals surface area contributed by atoms with Crippen LogP contribution in [0.15, 0.2) is 24.3 Å². The molecule has 0 spiro atoms. The van der Waals surface area contributed by atoms with E-state index in [1.54, 1.807) is 0 Å². The average Bonchev–Trinajstić information content (AvgIpc) is 2.40. The van der Waals surface area contributed by atoms with E-state index in [1.807, 2.05) is 0 Å². The highest BCUT2D eigenvalue weighted by atomic mass is 15.3. The molecule has 0 atom stereocenters. The minimum absolute atomic E-state index is 1.07. The zero-order valence-corrected chi connectivity index (χ0v) is 12.0. The Morgan fingerprint density at radius 1 is 1.00 bits per heavy atom. The molecule has 1 fully saturated rings. The number of nitrogens with zero attached hydrogens (tertiary/aromatic N) is 3. The monoisotopic (exact) mass is 255 g/mol. The highest BCUT2D eigenvalue weighted by molar-refractivity contribution is 5.82. The van der Waals surface area contributed by atoms with Gasteiger partial charge in [-0.3, -0.25) is 0 Å². The molecule has 100 valence electrons. The van der Waals surface area contributed by atoms with Crippen molar-refractivity contribution in [2.75, 3.05) is 38.1 Å². The number of hydrogen-bond donors (Lipinski definition) is 0. The number of hydrogen-bond acceptors (Lipinski definition) is 3. The largest absolute Gasteiger partial charge is 0.354 e. The Bertz CT molecular complexity index is 598. The highest BCUT2D eigenvalue weighted by Crippen LogP contribution is 2.24. The number of benzene rings is 1. The lowest BCUT2D eigenvalue weighted by Gasteiger charge is -2.34. The lowest BCUT2D eigenvalue weighted by molar-refractivity contribution is 0.312. The molecule has 0 amide bonds. The van der Waals surface area contributed by atoms with Crippen molar-refractivity contribution >= 4 is 16.7 Å². The van der Waals surface area contributed by atoms with Crippen molar-refractivity contribution in [1.29, 1.82) is 0 Å². The summed E-state index contributed by atoms with van der Waals surface area (Å²) in [6.07, 6.45) is 0. The number of piperazine rings is 1. The number of anilines is 1. The Morgan fingerprint density at radius 2 is 1.74 bits per heavy atom. The topological polar surface area (TPSA) is 19.4 Å². The number of pyridine rings is 1. The highest BCUT2D eigenvalue weighted by Gasteiger charge is 2.17. The van der Waals surface area contributed by atoms with Gasteiger partial charge >= 0.3 is 0 Å². The number of likely N-dealkylation sites (N-methyl/N-ethyl adjacent to an activating group) is 1. The van der Waals surface area contributed by atoms with Crippen LogP contribution >= 0.6 is 0 Å². The first-order valence-corrected chi connectivity index (χ1v) is 6.95. The molecule has 0 unspecified atom stereocenters. The number of aromatic nitrogens is 1. The molecule has 1 aliphatic rings. The summed E-state index contributed by atoms with van der Waals surface area (Å²) >= 11 is 0. The molecular weight excluding hydrogens is 234 g/mol. The molecule has 1 aromatic carbocycles. The summed E-state index contributed by atoms with van der Waals surface area (Å²) in [6.45, 7) is 8.67. The predicted molar refractivity (Wildman–Crippen MR) is 80.9 cm³/mol. The van der Waals surface area contributed by atoms with E-state index >= 15 is 0 Å². The molecule has 2 heterocycles. The first-order valence-electron chi connectivity index (χ1n) is 6.95. The standard InChI is InChI=1S/C16H21N3/c1-12-4-5-14-11-13(2)16(17-15(14)10-12)19-8-6-18(3)7-9-19/h4-5,10-11H,6-9H2,1-3H3. The summed E-state index contributed by atoms with van der Waals surface area (Å²) < 4.78 is 0. The Labute approximate surface area is 114 Å². The van der Waals surface area contributed by atoms with Crippen molar-refractivity contribution in [2.24, 2.45) is 0 Å². The molecule has 0 saturated carbocycles. The fourth-order valence-electron chi connectivity index (χ4n) is 2.71. The normalized spacial score (nSPS) is 17.1. The fourth-order valence-corrected chi connectivity index (χ4v) is 2.71. The van der Waals surface area contributed by atoms with Gasteiger partial charge in [0.05, 0.1) is 5.52 Å². The maximum atomic E-state index is 4.89. The van der Waals surface area contributed by atoms with Gasteiger partial charge in [-0.05, 0) is 44.2 Å². The summed E-state index contributed by atoms with van der Waals surface area (Å²) in [6, 6.07) is 8.75. The van der Waals surface area contributed by atoms with Crippen LogP contribution < -0.4 is 4.90 Å². The van der Waals surface area contributed by atoms with E-state index in [1.165, 1.54) is 16.5 Å². The Kier molecular flexibility index (Phi) is 3.15. The second-order valence-electron chi connectivity index (χ2n) is 5.62. The molecule has 0 radical (unpaired) electrons. The zero-order valence-electron chi connectivity index (χ0n) is 12.0. The van der Waals surface area contributed by atoms with Crippen molar-refractivity contribution in [3.63, 3.8) is 0 Å². The maximum Gasteiger partial charge on any atom is 0.132 e. The van der Waals surface area contributed by atoms with Crippen LogP contribution in [0, 0.1) is 13.8 Å². The van der Waals surface area contributed by atoms with Crippen molar-refractivity contribution in [3.05, 3.63) is 35.4 Å². The number of fused-ring (bicyclic) bond motifs is 1. The molecule has 19 heavy (non-hydrogen) atoms. The van der Waals surface area contributed by atoms with E-state index in [4.69, 9.17) is 4.98 Å². The van der Waals surface area contributed by atoms with Gasteiger partial charge in [0.15, 0.2) is 0 Å². The van der Waals surface area contributed by atoms with Crippen LogP contribution in [0.25, 0.3) is 10.9 Å². The molecule has 3 nitrogen and oxygen atoms in total. The van der Waals surface area contributed by atoms with Gasteiger partial charge in [-0.1, -0.05) is 12.1 Å². The molecule has 0 bridgehead atoms. The number of aryl methyl sites for hydroxylation is 2. The maximum absolute atomic E-state index is 4.89. The third-order valence-electron chi connectivity index (χ3n) is 3.94. The third kappa shape index (κ3) is 2.43. The van der Waals surface area contributed by atoms with Crippen LogP contribution in [0.3, 0.4) is 0 Å². The van der Waals surface area contributed by atoms with Crippen LogP contribution in [0.5, 0.6) is 0 Å². The summed E-state index contributed by atoms with van der Waals surface area (Å²) in [5.74, 6) is 1.16. The van der Waals surface area contributed by atoms with E-state index in [0.29, 0.717) is 0 Å². The smallest absolute Gasteiger partial charge is 0.132 e. The summed E-state index contributed by atoms with van der Waals surface area (Å²) in [7, 11) is 2.18. The van der Waals surface area contributed by atoms with Crippen LogP contribution in [0.4, 0.5) is 5.82 Å². The van der Waals surface area contributed by atoms with Crippen molar-refractivity contribution in [1.82, 2.24) is 9.88 Å². The third-order valence-corrected chi connectivity index (χ3v) is 3.94. The quantitative estimate of drug-likeness (QED) is 0.781. The van der Waals surface area contributed by atoms with Gasteiger partial charge in [-0.25, -0.2) is 4.98 Å². The SMILES string of the molecule is Cc1ccc2cc(C)c(N3CCN(C)CC3)nc2c1. The van der Waals surface area contributed by atoms with E-state index < -0.39 is 0 Å². The zero-order chi connectivity index (χ0) is 13.4. The lowest BCUT2D eigenvalue weighted by atomic mass is 10.1. The molecular formula is C16H21N3. The molecule has 3 heteroatoms. The van der Waals surface area contributed by atoms with Crippen molar-refractivity contribution in [3.8, 4) is 0 Å². The molecule has 1 aliphatic heterocycles. The molecule has 3 rings (SSSR count). The number of rotatable bonds is 1. The predicted octanol–water partition coefficient (Wildman–Crippen LogP) is 2.60. The fraction of sp³-hybridized carbons (Fsp3) is 0.438. The van der Waals surface area contributed by atoms with Crippen molar-refractivity contribution < 1.29 is 0 Å². The van der Waals surface area contributed by atoms with Gasteiger partial charge in [-0.2, -0.15) is 0 Å². The van der Waals surface area contributed by atoms with E-state index in [2.05, 4.69) is 55.0 Å². The van der Waals surface area contributed by atoms with Gasteiger partial charge in [-0.15, -0.1) is 0 Å². The first kappa shape index (κ1) is 12.4. The minimum atomic E-state index is 1.07. The first-order chi connectivity index (χ1) is 9.13. The van der Waals surface area contributed by atoms with Gasteiger partial charge in [0.2, 0.25) is 0 Å². The average molecular weight is 255 g/mol. The Balaban J connectivity index is 2.00. The molecule has 2 aromatic rings. The second-order valence-corrected chi connectivity index (χ2v) is 5.62. The van der Waals surface area contributed by atoms with Crippen LogP contribution in [0.1, 0.15) is 11.1 Å². The second kappa shape index (κ2) is 4.82. The van der Waals surface area contributed by atoms with Gasteiger partial charge in [0.25, 0.3) is 0 Å². The summed E-state index contributed by atoms with van der Waals surface area (Å²) in [4.78, 5) is 9.68. The Hall–Kier alpha value is -1.61. The van der Waals surface area contributed by atoms with Gasteiger partial charge in [0, 0.05) is 31.6 Å². The minimum Gasteiger partial charge on any atom is -0.354 e. The van der Waals surface area contributed by atoms with Crippen LogP contribution in [0.2, 0.25) is 0 Å². The van der Waals surface area contributed by atoms with E-state index in [0.717, 1.165) is 37.5 Å². The van der Waals surface area contributed by atoms with Gasteiger partial charge < -0.3 is 9.80 Å². The van der Waals surface area contributed by atoms with Crippen molar-refractivity contribution in [2.45, 2.75) is 13.8 Å². The van der Waals surface area contributed by atoms with E-state index in [9.17, 15) is 0 Å². The summed E-state index contributed by atoms with van der Waals surface area (Å²) in [5.41, 5.74) is 3.66.